The number of nitrogens with one attached hydrogen (secondary N) is 1. The Labute approximate surface area is 90.5 Å². The molecule has 16 heavy (non-hydrogen) atoms. The van der Waals surface area contributed by atoms with Crippen LogP contribution < -0.4 is 10.2 Å². The topological polar surface area (TPSA) is 41.1 Å². The Morgan fingerprint density at radius 3 is 2.56 bits per heavy atom. The second-order valence-corrected chi connectivity index (χ2v) is 3.43. The number of rotatable bonds is 2. The standard InChI is InChI=1S/C9H11F3N4/c10-6-7(8(11)12)14-5-15-9(6)16-3-1-13-2-4-16/h5,8,13H,1-4H2. The molecular formula is C9H11F3N4. The van der Waals surface area contributed by atoms with E-state index in [2.05, 4.69) is 15.3 Å². The van der Waals surface area contributed by atoms with Crippen LogP contribution in [0.1, 0.15) is 12.1 Å². The summed E-state index contributed by atoms with van der Waals surface area (Å²) in [6.07, 6.45) is -1.94. The Balaban J connectivity index is 2.29. The van der Waals surface area contributed by atoms with Gasteiger partial charge in [-0.3, -0.25) is 0 Å². The van der Waals surface area contributed by atoms with Gasteiger partial charge in [-0.25, -0.2) is 23.1 Å². The van der Waals surface area contributed by atoms with Gasteiger partial charge in [-0.2, -0.15) is 0 Å². The Morgan fingerprint density at radius 1 is 1.25 bits per heavy atom. The molecule has 7 heteroatoms. The summed E-state index contributed by atoms with van der Waals surface area (Å²) in [5.74, 6) is -1.05. The van der Waals surface area contributed by atoms with Crippen LogP contribution in [0.3, 0.4) is 0 Å². The van der Waals surface area contributed by atoms with Crippen molar-refractivity contribution >= 4 is 5.82 Å². The lowest BCUT2D eigenvalue weighted by molar-refractivity contribution is 0.140. The minimum atomic E-state index is -2.91. The molecule has 0 atom stereocenters. The number of hydrogen-bond acceptors (Lipinski definition) is 4. The maximum Gasteiger partial charge on any atom is 0.283 e. The fourth-order valence-corrected chi connectivity index (χ4v) is 1.62. The van der Waals surface area contributed by atoms with Crippen molar-refractivity contribution in [3.63, 3.8) is 0 Å². The van der Waals surface area contributed by atoms with Crippen molar-refractivity contribution < 1.29 is 13.2 Å². The second-order valence-electron chi connectivity index (χ2n) is 3.43. The highest BCUT2D eigenvalue weighted by molar-refractivity contribution is 5.41. The summed E-state index contributed by atoms with van der Waals surface area (Å²) in [5.41, 5.74) is -0.830. The molecule has 0 aliphatic carbocycles. The van der Waals surface area contributed by atoms with Gasteiger partial charge in [0.25, 0.3) is 6.43 Å². The van der Waals surface area contributed by atoms with E-state index in [-0.39, 0.29) is 5.82 Å². The lowest BCUT2D eigenvalue weighted by Crippen LogP contribution is -2.44. The number of nitrogens with zero attached hydrogens (tertiary/aromatic N) is 3. The zero-order valence-corrected chi connectivity index (χ0v) is 8.46. The molecule has 2 heterocycles. The summed E-state index contributed by atoms with van der Waals surface area (Å²) in [6.45, 7) is 2.48. The maximum absolute atomic E-state index is 13.6. The van der Waals surface area contributed by atoms with Crippen molar-refractivity contribution in [2.24, 2.45) is 0 Å². The monoisotopic (exact) mass is 232 g/mol. The van der Waals surface area contributed by atoms with Crippen LogP contribution in [0.15, 0.2) is 6.33 Å². The van der Waals surface area contributed by atoms with E-state index in [0.29, 0.717) is 26.2 Å². The van der Waals surface area contributed by atoms with Crippen LogP contribution in [0.4, 0.5) is 19.0 Å². The third-order valence-electron chi connectivity index (χ3n) is 2.42. The van der Waals surface area contributed by atoms with E-state index in [1.807, 2.05) is 0 Å². The number of hydrogen-bond donors (Lipinski definition) is 1. The van der Waals surface area contributed by atoms with Crippen LogP contribution in [-0.4, -0.2) is 36.1 Å². The molecule has 1 saturated heterocycles. The summed E-state index contributed by atoms with van der Waals surface area (Å²) in [5, 5.41) is 3.09. The van der Waals surface area contributed by atoms with E-state index in [4.69, 9.17) is 0 Å². The molecular weight excluding hydrogens is 221 g/mol. The third-order valence-corrected chi connectivity index (χ3v) is 2.42. The number of halogens is 3. The van der Waals surface area contributed by atoms with E-state index < -0.39 is 17.9 Å². The normalized spacial score (nSPS) is 16.9. The first-order valence-corrected chi connectivity index (χ1v) is 4.94. The minimum absolute atomic E-state index is 0.0354. The van der Waals surface area contributed by atoms with Crippen molar-refractivity contribution in [1.82, 2.24) is 15.3 Å². The second kappa shape index (κ2) is 4.65. The molecule has 1 aromatic heterocycles. The highest BCUT2D eigenvalue weighted by Crippen LogP contribution is 2.25. The molecule has 4 nitrogen and oxygen atoms in total. The number of aromatic nitrogens is 2. The van der Waals surface area contributed by atoms with Crippen molar-refractivity contribution in [1.29, 1.82) is 0 Å². The highest BCUT2D eigenvalue weighted by atomic mass is 19.3. The summed E-state index contributed by atoms with van der Waals surface area (Å²) >= 11 is 0. The van der Waals surface area contributed by atoms with E-state index in [9.17, 15) is 13.2 Å². The molecule has 0 radical (unpaired) electrons. The Kier molecular flexibility index (Phi) is 3.23. The molecule has 0 amide bonds. The van der Waals surface area contributed by atoms with Crippen LogP contribution in [0.2, 0.25) is 0 Å². The Hall–Kier alpha value is -1.37. The molecule has 88 valence electrons. The van der Waals surface area contributed by atoms with Gasteiger partial charge >= 0.3 is 0 Å². The van der Waals surface area contributed by atoms with Gasteiger partial charge < -0.3 is 10.2 Å². The maximum atomic E-state index is 13.6. The first-order valence-electron chi connectivity index (χ1n) is 4.94. The molecule has 1 aliphatic rings. The van der Waals surface area contributed by atoms with Gasteiger partial charge in [0.15, 0.2) is 11.6 Å². The quantitative estimate of drug-likeness (QED) is 0.824. The summed E-state index contributed by atoms with van der Waals surface area (Å²) in [6, 6.07) is 0. The lowest BCUT2D eigenvalue weighted by Gasteiger charge is -2.28. The van der Waals surface area contributed by atoms with E-state index >= 15 is 0 Å². The summed E-state index contributed by atoms with van der Waals surface area (Å²) in [4.78, 5) is 8.62. The average molecular weight is 232 g/mol. The smallest absolute Gasteiger partial charge is 0.283 e. The van der Waals surface area contributed by atoms with Gasteiger partial charge in [-0.15, -0.1) is 0 Å². The molecule has 0 saturated carbocycles. The first-order chi connectivity index (χ1) is 7.70. The van der Waals surface area contributed by atoms with Crippen molar-refractivity contribution in [2.45, 2.75) is 6.43 Å². The van der Waals surface area contributed by atoms with Gasteiger partial charge in [-0.1, -0.05) is 0 Å². The predicted octanol–water partition coefficient (Wildman–Crippen LogP) is 0.963. The molecule has 1 aromatic rings. The zero-order valence-electron chi connectivity index (χ0n) is 8.46. The minimum Gasteiger partial charge on any atom is -0.352 e. The molecule has 0 unspecified atom stereocenters. The largest absolute Gasteiger partial charge is 0.352 e. The van der Waals surface area contributed by atoms with Gasteiger partial charge in [0, 0.05) is 26.2 Å². The van der Waals surface area contributed by atoms with Gasteiger partial charge in [0.05, 0.1) is 0 Å². The fraction of sp³-hybridized carbons (Fsp3) is 0.556. The van der Waals surface area contributed by atoms with Crippen molar-refractivity contribution in [3.05, 3.63) is 17.8 Å². The SMILES string of the molecule is Fc1c(C(F)F)ncnc1N1CCNCC1. The molecule has 2 rings (SSSR count). The van der Waals surface area contributed by atoms with E-state index in [1.165, 1.54) is 0 Å². The van der Waals surface area contributed by atoms with Crippen LogP contribution >= 0.6 is 0 Å². The number of anilines is 1. The predicted molar refractivity (Wildman–Crippen MR) is 52.0 cm³/mol. The third kappa shape index (κ3) is 2.08. The fourth-order valence-electron chi connectivity index (χ4n) is 1.62. The van der Waals surface area contributed by atoms with Gasteiger partial charge in [0.1, 0.15) is 12.0 Å². The highest BCUT2D eigenvalue weighted by Gasteiger charge is 2.23. The molecule has 0 aromatic carbocycles. The Bertz CT molecular complexity index is 366. The number of piperazine rings is 1. The van der Waals surface area contributed by atoms with Gasteiger partial charge in [-0.05, 0) is 0 Å². The summed E-state index contributed by atoms with van der Waals surface area (Å²) in [7, 11) is 0. The average Bonchev–Trinajstić information content (AvgIpc) is 2.30. The van der Waals surface area contributed by atoms with Crippen LogP contribution in [-0.2, 0) is 0 Å². The van der Waals surface area contributed by atoms with Crippen LogP contribution in [0.5, 0.6) is 0 Å². The van der Waals surface area contributed by atoms with E-state index in [1.54, 1.807) is 4.90 Å². The molecule has 1 fully saturated rings. The summed E-state index contributed by atoms with van der Waals surface area (Å²) < 4.78 is 38.5. The van der Waals surface area contributed by atoms with Crippen molar-refractivity contribution in [2.75, 3.05) is 31.1 Å². The number of alkyl halides is 2. The zero-order chi connectivity index (χ0) is 11.5. The molecule has 1 N–H and O–H groups in total. The van der Waals surface area contributed by atoms with Gasteiger partial charge in [0.2, 0.25) is 0 Å². The van der Waals surface area contributed by atoms with Crippen LogP contribution in [0.25, 0.3) is 0 Å². The van der Waals surface area contributed by atoms with E-state index in [0.717, 1.165) is 6.33 Å². The molecule has 1 aliphatic heterocycles. The molecule has 0 spiro atoms. The lowest BCUT2D eigenvalue weighted by atomic mass is 10.3. The Morgan fingerprint density at radius 2 is 1.94 bits per heavy atom. The first kappa shape index (κ1) is 11.1. The molecule has 0 bridgehead atoms. The van der Waals surface area contributed by atoms with Crippen molar-refractivity contribution in [3.8, 4) is 0 Å². The van der Waals surface area contributed by atoms with Crippen LogP contribution in [0, 0.1) is 5.82 Å².